The second kappa shape index (κ2) is 8.86. The topological polar surface area (TPSA) is 82.1 Å². The fourth-order valence-electron chi connectivity index (χ4n) is 4.24. The van der Waals surface area contributed by atoms with E-state index in [9.17, 15) is 4.79 Å². The Kier molecular flexibility index (Phi) is 5.60. The molecule has 0 unspecified atom stereocenters. The second-order valence-electron chi connectivity index (χ2n) is 7.98. The van der Waals surface area contributed by atoms with Crippen molar-refractivity contribution in [1.82, 2.24) is 9.38 Å². The monoisotopic (exact) mass is 442 g/mol. The quantitative estimate of drug-likeness (QED) is 0.449. The highest BCUT2D eigenvalue weighted by atomic mass is 16.5. The highest BCUT2D eigenvalue weighted by Gasteiger charge is 2.23. The van der Waals surface area contributed by atoms with E-state index in [0.29, 0.717) is 36.0 Å². The first kappa shape index (κ1) is 20.9. The van der Waals surface area contributed by atoms with Crippen molar-refractivity contribution in [2.24, 2.45) is 0 Å². The number of aryl methyl sites for hydroxylation is 1. The first-order valence-corrected chi connectivity index (χ1v) is 11.2. The van der Waals surface area contributed by atoms with Gasteiger partial charge in [-0.25, -0.2) is 4.98 Å². The fraction of sp³-hybridized carbons (Fsp3) is 0.231. The Morgan fingerprint density at radius 1 is 1.09 bits per heavy atom. The lowest BCUT2D eigenvalue weighted by Gasteiger charge is -2.29. The molecule has 0 aliphatic carbocycles. The number of aromatic nitrogens is 2. The van der Waals surface area contributed by atoms with Gasteiger partial charge in [-0.2, -0.15) is 0 Å². The maximum atomic E-state index is 13.0. The summed E-state index contributed by atoms with van der Waals surface area (Å²) < 4.78 is 13.4. The summed E-state index contributed by atoms with van der Waals surface area (Å²) in [7, 11) is 0. The van der Waals surface area contributed by atoms with Crippen molar-refractivity contribution < 1.29 is 14.3 Å². The van der Waals surface area contributed by atoms with Gasteiger partial charge in [0.1, 0.15) is 5.75 Å². The van der Waals surface area contributed by atoms with Crippen LogP contribution in [0.5, 0.6) is 11.5 Å². The molecule has 0 radical (unpaired) electrons. The first-order valence-electron chi connectivity index (χ1n) is 11.2. The molecule has 4 aromatic rings. The van der Waals surface area contributed by atoms with Gasteiger partial charge >= 0.3 is 0 Å². The number of carbonyl (C=O) groups excluding carboxylic acids is 1. The molecule has 1 aliphatic heterocycles. The van der Waals surface area contributed by atoms with Crippen LogP contribution in [0.4, 0.5) is 11.4 Å². The lowest BCUT2D eigenvalue weighted by Crippen LogP contribution is -2.38. The third-order valence-corrected chi connectivity index (χ3v) is 5.81. The summed E-state index contributed by atoms with van der Waals surface area (Å²) >= 11 is 0. The molecule has 7 nitrogen and oxygen atoms in total. The maximum absolute atomic E-state index is 13.0. The molecule has 5 rings (SSSR count). The smallest absolute Gasteiger partial charge is 0.264 e. The number of imidazole rings is 1. The number of benzene rings is 2. The SMILES string of the molecule is CCOc1ccc(-c2cn3cccc(OCC(=O)N4CCCc5ccccc54)c3n2)cc1N. The molecule has 3 heterocycles. The van der Waals surface area contributed by atoms with E-state index in [1.54, 1.807) is 0 Å². The minimum absolute atomic E-state index is 0.0494. The van der Waals surface area contributed by atoms with Crippen LogP contribution in [0.3, 0.4) is 0 Å². The maximum Gasteiger partial charge on any atom is 0.264 e. The minimum Gasteiger partial charge on any atom is -0.492 e. The average molecular weight is 443 g/mol. The molecule has 2 N–H and O–H groups in total. The lowest BCUT2D eigenvalue weighted by atomic mass is 10.0. The van der Waals surface area contributed by atoms with Gasteiger partial charge in [-0.3, -0.25) is 4.79 Å². The Labute approximate surface area is 192 Å². The summed E-state index contributed by atoms with van der Waals surface area (Å²) in [6.07, 6.45) is 5.76. The number of ether oxygens (including phenoxy) is 2. The highest BCUT2D eigenvalue weighted by Crippen LogP contribution is 2.30. The van der Waals surface area contributed by atoms with Crippen LogP contribution in [0.25, 0.3) is 16.9 Å². The Morgan fingerprint density at radius 2 is 1.97 bits per heavy atom. The number of nitrogens with zero attached hydrogens (tertiary/aromatic N) is 3. The van der Waals surface area contributed by atoms with Crippen molar-refractivity contribution in [1.29, 1.82) is 0 Å². The van der Waals surface area contributed by atoms with E-state index in [2.05, 4.69) is 6.07 Å². The van der Waals surface area contributed by atoms with Crippen LogP contribution in [-0.2, 0) is 11.2 Å². The van der Waals surface area contributed by atoms with Crippen molar-refractivity contribution in [3.63, 3.8) is 0 Å². The summed E-state index contributed by atoms with van der Waals surface area (Å²) in [4.78, 5) is 19.5. The number of hydrogen-bond donors (Lipinski definition) is 1. The van der Waals surface area contributed by atoms with Crippen molar-refractivity contribution in [2.75, 3.05) is 30.4 Å². The molecule has 168 valence electrons. The van der Waals surface area contributed by atoms with Crippen LogP contribution in [-0.4, -0.2) is 35.1 Å². The van der Waals surface area contributed by atoms with Crippen molar-refractivity contribution in [3.8, 4) is 22.8 Å². The van der Waals surface area contributed by atoms with Gasteiger partial charge in [0.2, 0.25) is 0 Å². The van der Waals surface area contributed by atoms with Crippen molar-refractivity contribution in [2.45, 2.75) is 19.8 Å². The molecule has 2 aromatic heterocycles. The van der Waals surface area contributed by atoms with Gasteiger partial charge in [-0.15, -0.1) is 0 Å². The Balaban J connectivity index is 1.36. The molecule has 33 heavy (non-hydrogen) atoms. The van der Waals surface area contributed by atoms with Gasteiger partial charge in [-0.05, 0) is 61.7 Å². The molecule has 1 aliphatic rings. The second-order valence-corrected chi connectivity index (χ2v) is 7.98. The molecule has 0 atom stereocenters. The number of para-hydroxylation sites is 1. The third-order valence-electron chi connectivity index (χ3n) is 5.81. The molecule has 0 saturated heterocycles. The Morgan fingerprint density at radius 3 is 2.82 bits per heavy atom. The van der Waals surface area contributed by atoms with E-state index in [-0.39, 0.29) is 12.5 Å². The summed E-state index contributed by atoms with van der Waals surface area (Å²) in [5.41, 5.74) is 11.2. The molecule has 0 saturated carbocycles. The van der Waals surface area contributed by atoms with Crippen molar-refractivity contribution in [3.05, 3.63) is 72.6 Å². The number of nitrogen functional groups attached to an aromatic ring is 1. The zero-order valence-electron chi connectivity index (χ0n) is 18.5. The predicted molar refractivity (Wildman–Crippen MR) is 129 cm³/mol. The number of rotatable bonds is 6. The average Bonchev–Trinajstić information content (AvgIpc) is 3.28. The number of anilines is 2. The summed E-state index contributed by atoms with van der Waals surface area (Å²) in [5, 5.41) is 0. The minimum atomic E-state index is -0.0600. The van der Waals surface area contributed by atoms with Crippen LogP contribution in [0.1, 0.15) is 18.9 Å². The molecule has 1 amide bonds. The Hall–Kier alpha value is -4.00. The number of amides is 1. The normalized spacial score (nSPS) is 13.1. The summed E-state index contributed by atoms with van der Waals surface area (Å²) in [5.74, 6) is 1.16. The first-order chi connectivity index (χ1) is 16.1. The molecule has 7 heteroatoms. The molecular weight excluding hydrogens is 416 g/mol. The van der Waals surface area contributed by atoms with Gasteiger partial charge in [0.25, 0.3) is 5.91 Å². The van der Waals surface area contributed by atoms with Crippen LogP contribution in [0.2, 0.25) is 0 Å². The molecule has 2 aromatic carbocycles. The summed E-state index contributed by atoms with van der Waals surface area (Å²) in [6, 6.07) is 17.4. The lowest BCUT2D eigenvalue weighted by molar-refractivity contribution is -0.120. The van der Waals surface area contributed by atoms with Crippen LogP contribution in [0.15, 0.2) is 67.0 Å². The zero-order chi connectivity index (χ0) is 22.8. The van der Waals surface area contributed by atoms with Gasteiger partial charge < -0.3 is 24.5 Å². The number of nitrogens with two attached hydrogens (primary N) is 1. The molecule has 0 fully saturated rings. The standard InChI is InChI=1S/C26H26N4O3/c1-2-32-23-12-11-19(15-20(23)27)21-16-29-13-6-10-24(26(29)28-21)33-17-25(31)30-14-5-8-18-7-3-4-9-22(18)30/h3-4,6-7,9-13,15-16H,2,5,8,14,17,27H2,1H3. The number of fused-ring (bicyclic) bond motifs is 2. The molecular formula is C26H26N4O3. The predicted octanol–water partition coefficient (Wildman–Crippen LogP) is 4.34. The number of pyridine rings is 1. The van der Waals surface area contributed by atoms with E-state index in [1.807, 2.05) is 77.1 Å². The van der Waals surface area contributed by atoms with Gasteiger partial charge in [0, 0.05) is 30.2 Å². The van der Waals surface area contributed by atoms with Crippen LogP contribution >= 0.6 is 0 Å². The number of carbonyl (C=O) groups is 1. The van der Waals surface area contributed by atoms with Gasteiger partial charge in [0.15, 0.2) is 18.0 Å². The van der Waals surface area contributed by atoms with E-state index in [1.165, 1.54) is 5.56 Å². The molecule has 0 spiro atoms. The van der Waals surface area contributed by atoms with E-state index < -0.39 is 0 Å². The van der Waals surface area contributed by atoms with Crippen LogP contribution in [0, 0.1) is 0 Å². The zero-order valence-corrected chi connectivity index (χ0v) is 18.5. The van der Waals surface area contributed by atoms with Gasteiger partial charge in [-0.1, -0.05) is 18.2 Å². The third kappa shape index (κ3) is 4.09. The number of hydrogen-bond acceptors (Lipinski definition) is 5. The summed E-state index contributed by atoms with van der Waals surface area (Å²) in [6.45, 7) is 3.13. The van der Waals surface area contributed by atoms with E-state index in [0.717, 1.165) is 29.8 Å². The fourth-order valence-corrected chi connectivity index (χ4v) is 4.24. The Bertz CT molecular complexity index is 1310. The largest absolute Gasteiger partial charge is 0.492 e. The highest BCUT2D eigenvalue weighted by molar-refractivity contribution is 5.95. The van der Waals surface area contributed by atoms with Crippen molar-refractivity contribution >= 4 is 22.9 Å². The van der Waals surface area contributed by atoms with Gasteiger partial charge in [0.05, 0.1) is 18.0 Å². The van der Waals surface area contributed by atoms with E-state index in [4.69, 9.17) is 20.2 Å². The van der Waals surface area contributed by atoms with Crippen LogP contribution < -0.4 is 20.1 Å². The molecule has 0 bridgehead atoms. The van der Waals surface area contributed by atoms with E-state index >= 15 is 0 Å².